The molecule has 0 saturated carbocycles. The van der Waals surface area contributed by atoms with Gasteiger partial charge in [-0.15, -0.1) is 0 Å². The Bertz CT molecular complexity index is 131. The molecule has 0 bridgehead atoms. The van der Waals surface area contributed by atoms with Crippen LogP contribution in [0.1, 0.15) is 13.3 Å². The highest BCUT2D eigenvalue weighted by Crippen LogP contribution is 2.09. The molecule has 0 aliphatic carbocycles. The molecule has 0 N–H and O–H groups in total. The molecule has 58 valence electrons. The van der Waals surface area contributed by atoms with Gasteiger partial charge < -0.3 is 4.90 Å². The lowest BCUT2D eigenvalue weighted by molar-refractivity contribution is 0.172. The van der Waals surface area contributed by atoms with E-state index >= 15 is 0 Å². The third kappa shape index (κ3) is 1.51. The van der Waals surface area contributed by atoms with Crippen LogP contribution in [-0.4, -0.2) is 36.6 Å². The molecule has 0 aromatic carbocycles. The highest BCUT2D eigenvalue weighted by Gasteiger charge is 2.13. The van der Waals surface area contributed by atoms with Gasteiger partial charge in [-0.05, 0) is 19.7 Å². The Labute approximate surface area is 63.1 Å². The first-order valence-corrected chi connectivity index (χ1v) is 3.83. The summed E-state index contributed by atoms with van der Waals surface area (Å²) in [4.78, 5) is 4.53. The van der Waals surface area contributed by atoms with Crippen molar-refractivity contribution >= 4 is 0 Å². The zero-order chi connectivity index (χ0) is 7.56. The zero-order valence-electron chi connectivity index (χ0n) is 7.04. The molecule has 0 spiro atoms. The predicted octanol–water partition coefficient (Wildman–Crippen LogP) is 1.11. The third-order valence-electron chi connectivity index (χ3n) is 1.99. The second kappa shape index (κ2) is 3.06. The molecular formula is C8H16N2. The smallest absolute Gasteiger partial charge is 0.0700 e. The van der Waals surface area contributed by atoms with Crippen LogP contribution in [0.4, 0.5) is 0 Å². The van der Waals surface area contributed by atoms with Gasteiger partial charge >= 0.3 is 0 Å². The molecule has 0 fully saturated rings. The van der Waals surface area contributed by atoms with E-state index in [0.29, 0.717) is 6.04 Å². The average molecular weight is 140 g/mol. The summed E-state index contributed by atoms with van der Waals surface area (Å²) < 4.78 is 0. The molecule has 0 amide bonds. The van der Waals surface area contributed by atoms with Crippen LogP contribution in [0.5, 0.6) is 0 Å². The topological polar surface area (TPSA) is 6.48 Å². The molecule has 2 heteroatoms. The second-order valence-corrected chi connectivity index (χ2v) is 2.97. The van der Waals surface area contributed by atoms with Gasteiger partial charge in [-0.3, -0.25) is 4.90 Å². The summed E-state index contributed by atoms with van der Waals surface area (Å²) in [5.74, 6) is 0. The predicted molar refractivity (Wildman–Crippen MR) is 43.6 cm³/mol. The maximum atomic E-state index is 2.35. The first-order chi connectivity index (χ1) is 4.74. The normalized spacial score (nSPS) is 27.5. The molecule has 2 nitrogen and oxygen atoms in total. The van der Waals surface area contributed by atoms with Crippen LogP contribution in [-0.2, 0) is 0 Å². The average Bonchev–Trinajstić information content (AvgIpc) is 1.88. The summed E-state index contributed by atoms with van der Waals surface area (Å²) in [6.07, 6.45) is 5.62. The summed E-state index contributed by atoms with van der Waals surface area (Å²) in [5, 5.41) is 0. The van der Waals surface area contributed by atoms with Gasteiger partial charge in [-0.25, -0.2) is 0 Å². The van der Waals surface area contributed by atoms with Gasteiger partial charge in [0.15, 0.2) is 0 Å². The molecule has 1 rings (SSSR count). The van der Waals surface area contributed by atoms with Gasteiger partial charge in [0.1, 0.15) is 0 Å². The highest BCUT2D eigenvalue weighted by atomic mass is 15.3. The molecule has 0 aromatic rings. The number of rotatable bonds is 1. The summed E-state index contributed by atoms with van der Waals surface area (Å²) in [7, 11) is 4.26. The lowest BCUT2D eigenvalue weighted by atomic mass is 10.2. The Balaban J connectivity index is 2.53. The number of hydrogen-bond donors (Lipinski definition) is 0. The van der Waals surface area contributed by atoms with Crippen molar-refractivity contribution in [2.24, 2.45) is 0 Å². The van der Waals surface area contributed by atoms with Crippen molar-refractivity contribution in [2.75, 3.05) is 20.8 Å². The lowest BCUT2D eigenvalue weighted by Gasteiger charge is -2.33. The Morgan fingerprint density at radius 2 is 2.20 bits per heavy atom. The maximum absolute atomic E-state index is 2.35. The van der Waals surface area contributed by atoms with Crippen molar-refractivity contribution in [1.29, 1.82) is 0 Å². The van der Waals surface area contributed by atoms with Crippen LogP contribution in [0.2, 0.25) is 0 Å². The van der Waals surface area contributed by atoms with E-state index in [1.54, 1.807) is 0 Å². The fraction of sp³-hybridized carbons (Fsp3) is 0.750. The molecule has 0 radical (unpaired) electrons. The van der Waals surface area contributed by atoms with E-state index in [1.165, 1.54) is 6.42 Å². The summed E-state index contributed by atoms with van der Waals surface area (Å²) in [6, 6.07) is 0.649. The quantitative estimate of drug-likeness (QED) is 0.538. The first kappa shape index (κ1) is 7.61. The van der Waals surface area contributed by atoms with Crippen LogP contribution in [0.25, 0.3) is 0 Å². The minimum absolute atomic E-state index is 0.649. The molecule has 1 atom stereocenters. The van der Waals surface area contributed by atoms with Crippen molar-refractivity contribution in [1.82, 2.24) is 9.80 Å². The SMILES string of the molecule is CCC1C=CN(C)CN1C. The molecule has 0 saturated heterocycles. The maximum Gasteiger partial charge on any atom is 0.0700 e. The Kier molecular flexibility index (Phi) is 2.33. The summed E-state index contributed by atoms with van der Waals surface area (Å²) >= 11 is 0. The second-order valence-electron chi connectivity index (χ2n) is 2.97. The van der Waals surface area contributed by atoms with Crippen molar-refractivity contribution in [3.63, 3.8) is 0 Å². The van der Waals surface area contributed by atoms with E-state index in [-0.39, 0.29) is 0 Å². The standard InChI is InChI=1S/C8H16N2/c1-4-8-5-6-9(2)7-10(8)3/h5-6,8H,4,7H2,1-3H3. The van der Waals surface area contributed by atoms with Gasteiger partial charge in [0.2, 0.25) is 0 Å². The molecule has 10 heavy (non-hydrogen) atoms. The summed E-state index contributed by atoms with van der Waals surface area (Å²) in [5.41, 5.74) is 0. The van der Waals surface area contributed by atoms with E-state index in [2.05, 4.69) is 43.1 Å². The largest absolute Gasteiger partial charge is 0.368 e. The lowest BCUT2D eigenvalue weighted by Crippen LogP contribution is -2.40. The zero-order valence-corrected chi connectivity index (χ0v) is 7.04. The number of nitrogens with zero attached hydrogens (tertiary/aromatic N) is 2. The van der Waals surface area contributed by atoms with Crippen LogP contribution in [0, 0.1) is 0 Å². The third-order valence-corrected chi connectivity index (χ3v) is 1.99. The van der Waals surface area contributed by atoms with Gasteiger partial charge in [0.25, 0.3) is 0 Å². The monoisotopic (exact) mass is 140 g/mol. The molecule has 1 heterocycles. The Hall–Kier alpha value is -0.500. The molecule has 1 unspecified atom stereocenters. The van der Waals surface area contributed by atoms with Crippen LogP contribution in [0.15, 0.2) is 12.3 Å². The van der Waals surface area contributed by atoms with Crippen molar-refractivity contribution in [3.8, 4) is 0 Å². The fourth-order valence-electron chi connectivity index (χ4n) is 1.34. The minimum atomic E-state index is 0.649. The van der Waals surface area contributed by atoms with E-state index in [1.807, 2.05) is 0 Å². The first-order valence-electron chi connectivity index (χ1n) is 3.83. The van der Waals surface area contributed by atoms with E-state index < -0.39 is 0 Å². The highest BCUT2D eigenvalue weighted by molar-refractivity contribution is 4.96. The van der Waals surface area contributed by atoms with Crippen LogP contribution in [0.3, 0.4) is 0 Å². The van der Waals surface area contributed by atoms with Gasteiger partial charge in [-0.1, -0.05) is 13.0 Å². The van der Waals surface area contributed by atoms with Crippen molar-refractivity contribution < 1.29 is 0 Å². The van der Waals surface area contributed by atoms with E-state index in [4.69, 9.17) is 0 Å². The molecule has 1 aliphatic rings. The number of likely N-dealkylation sites (N-methyl/N-ethyl adjacent to an activating group) is 1. The molecule has 0 aromatic heterocycles. The Morgan fingerprint density at radius 1 is 1.50 bits per heavy atom. The molecule has 1 aliphatic heterocycles. The minimum Gasteiger partial charge on any atom is -0.368 e. The van der Waals surface area contributed by atoms with E-state index in [0.717, 1.165) is 6.67 Å². The van der Waals surface area contributed by atoms with Crippen molar-refractivity contribution in [3.05, 3.63) is 12.3 Å². The number of hydrogen-bond acceptors (Lipinski definition) is 2. The van der Waals surface area contributed by atoms with E-state index in [9.17, 15) is 0 Å². The van der Waals surface area contributed by atoms with Gasteiger partial charge in [0.05, 0.1) is 6.67 Å². The Morgan fingerprint density at radius 3 is 2.70 bits per heavy atom. The van der Waals surface area contributed by atoms with Gasteiger partial charge in [0, 0.05) is 13.1 Å². The van der Waals surface area contributed by atoms with Crippen molar-refractivity contribution in [2.45, 2.75) is 19.4 Å². The van der Waals surface area contributed by atoms with Gasteiger partial charge in [-0.2, -0.15) is 0 Å². The van der Waals surface area contributed by atoms with Crippen LogP contribution >= 0.6 is 0 Å². The summed E-state index contributed by atoms with van der Waals surface area (Å²) in [6.45, 7) is 3.27. The van der Waals surface area contributed by atoms with Crippen LogP contribution < -0.4 is 0 Å². The molecular weight excluding hydrogens is 124 g/mol. The fourth-order valence-corrected chi connectivity index (χ4v) is 1.34.